The van der Waals surface area contributed by atoms with Gasteiger partial charge in [-0.15, -0.1) is 0 Å². The number of amides is 1. The van der Waals surface area contributed by atoms with Gasteiger partial charge < -0.3 is 14.6 Å². The highest BCUT2D eigenvalue weighted by Crippen LogP contribution is 2.35. The third-order valence-corrected chi connectivity index (χ3v) is 5.74. The molecule has 0 fully saturated rings. The van der Waals surface area contributed by atoms with Crippen LogP contribution in [0.1, 0.15) is 23.7 Å². The first-order valence-electron chi connectivity index (χ1n) is 9.47. The molecule has 3 aliphatic rings. The average molecular weight is 409 g/mol. The molecule has 0 unspecified atom stereocenters. The zero-order valence-corrected chi connectivity index (χ0v) is 16.0. The van der Waals surface area contributed by atoms with Crippen LogP contribution < -0.4 is 5.56 Å². The summed E-state index contributed by atoms with van der Waals surface area (Å²) in [7, 11) is 1.64. The quantitative estimate of drug-likeness (QED) is 0.829. The summed E-state index contributed by atoms with van der Waals surface area (Å²) in [4.78, 5) is 34.1. The molecule has 1 aromatic heterocycles. The molecule has 0 bridgehead atoms. The summed E-state index contributed by atoms with van der Waals surface area (Å²) in [5, 5.41) is 0.320. The SMILES string of the molecule is CN(C(=O)C1=CC=C2C=CN=C2C1)[C@@H]1COCc2[nH]c(=O)c3cc(F)c(F)cc3c21. The van der Waals surface area contributed by atoms with Gasteiger partial charge in [0.05, 0.1) is 30.4 Å². The second-order valence-electron chi connectivity index (χ2n) is 7.49. The fourth-order valence-corrected chi connectivity index (χ4v) is 4.17. The van der Waals surface area contributed by atoms with Gasteiger partial charge >= 0.3 is 0 Å². The van der Waals surface area contributed by atoms with Crippen molar-refractivity contribution in [3.63, 3.8) is 0 Å². The summed E-state index contributed by atoms with van der Waals surface area (Å²) >= 11 is 0. The number of halogens is 2. The zero-order valence-electron chi connectivity index (χ0n) is 16.0. The molecule has 30 heavy (non-hydrogen) atoms. The number of carbonyl (C=O) groups excluding carboxylic acids is 1. The predicted molar refractivity (Wildman–Crippen MR) is 107 cm³/mol. The molecule has 1 aliphatic carbocycles. The molecule has 5 rings (SSSR count). The number of rotatable bonds is 2. The number of fused-ring (bicyclic) bond motifs is 4. The molecule has 2 aromatic rings. The first-order valence-corrected chi connectivity index (χ1v) is 9.47. The molecule has 6 nitrogen and oxygen atoms in total. The highest BCUT2D eigenvalue weighted by atomic mass is 19.2. The molecule has 1 atom stereocenters. The van der Waals surface area contributed by atoms with Crippen LogP contribution in [0.4, 0.5) is 8.78 Å². The number of benzene rings is 1. The van der Waals surface area contributed by atoms with Crippen molar-refractivity contribution in [3.05, 3.63) is 81.0 Å². The first-order chi connectivity index (χ1) is 14.4. The van der Waals surface area contributed by atoms with Crippen LogP contribution in [0.25, 0.3) is 10.8 Å². The Hall–Kier alpha value is -3.39. The highest BCUT2D eigenvalue weighted by Gasteiger charge is 2.33. The maximum atomic E-state index is 14.0. The number of aliphatic imine (C=N–C) groups is 1. The van der Waals surface area contributed by atoms with E-state index in [9.17, 15) is 18.4 Å². The van der Waals surface area contributed by atoms with Crippen molar-refractivity contribution in [3.8, 4) is 0 Å². The Kier molecular flexibility index (Phi) is 4.25. The van der Waals surface area contributed by atoms with Gasteiger partial charge in [-0.2, -0.15) is 0 Å². The molecule has 152 valence electrons. The van der Waals surface area contributed by atoms with E-state index in [2.05, 4.69) is 9.98 Å². The Morgan fingerprint density at radius 1 is 1.23 bits per heavy atom. The number of nitrogens with one attached hydrogen (secondary N) is 1. The Balaban J connectivity index is 1.57. The second-order valence-corrected chi connectivity index (χ2v) is 7.49. The number of nitrogens with zero attached hydrogens (tertiary/aromatic N) is 2. The average Bonchev–Trinajstić information content (AvgIpc) is 3.21. The number of carbonyl (C=O) groups is 1. The second kappa shape index (κ2) is 6.84. The molecular weight excluding hydrogens is 392 g/mol. The van der Waals surface area contributed by atoms with Gasteiger partial charge in [0.15, 0.2) is 11.6 Å². The van der Waals surface area contributed by atoms with Crippen molar-refractivity contribution >= 4 is 22.4 Å². The lowest BCUT2D eigenvalue weighted by molar-refractivity contribution is -0.130. The molecule has 1 amide bonds. The summed E-state index contributed by atoms with van der Waals surface area (Å²) in [5.41, 5.74) is 2.89. The molecule has 1 aromatic carbocycles. The Morgan fingerprint density at radius 3 is 2.80 bits per heavy atom. The number of aromatic amines is 1. The minimum Gasteiger partial charge on any atom is -0.373 e. The van der Waals surface area contributed by atoms with Crippen LogP contribution in [0.2, 0.25) is 0 Å². The molecule has 8 heteroatoms. The molecule has 3 heterocycles. The Morgan fingerprint density at radius 2 is 2.00 bits per heavy atom. The topological polar surface area (TPSA) is 74.8 Å². The summed E-state index contributed by atoms with van der Waals surface area (Å²) in [6.45, 7) is 0.293. The molecule has 1 N–H and O–H groups in total. The number of aromatic nitrogens is 1. The van der Waals surface area contributed by atoms with Crippen LogP contribution in [0.3, 0.4) is 0 Å². The number of likely N-dealkylation sites (N-methyl/N-ethyl adjacent to an activating group) is 1. The van der Waals surface area contributed by atoms with Crippen molar-refractivity contribution in [1.29, 1.82) is 0 Å². The van der Waals surface area contributed by atoms with E-state index in [-0.39, 0.29) is 29.9 Å². The Labute approximate surface area is 169 Å². The van der Waals surface area contributed by atoms with Crippen molar-refractivity contribution < 1.29 is 18.3 Å². The van der Waals surface area contributed by atoms with E-state index in [1.54, 1.807) is 19.3 Å². The van der Waals surface area contributed by atoms with E-state index in [1.165, 1.54) is 4.90 Å². The van der Waals surface area contributed by atoms with E-state index in [4.69, 9.17) is 4.74 Å². The summed E-state index contributed by atoms with van der Waals surface area (Å²) in [5.74, 6) is -2.36. The molecule has 0 saturated heterocycles. The van der Waals surface area contributed by atoms with Crippen molar-refractivity contribution in [2.24, 2.45) is 4.99 Å². The summed E-state index contributed by atoms with van der Waals surface area (Å²) < 4.78 is 33.4. The van der Waals surface area contributed by atoms with Crippen LogP contribution in [-0.4, -0.2) is 35.2 Å². The maximum absolute atomic E-state index is 14.0. The fraction of sp³-hybridized carbons (Fsp3) is 0.227. The highest BCUT2D eigenvalue weighted by molar-refractivity contribution is 6.12. The minimum atomic E-state index is -1.10. The maximum Gasteiger partial charge on any atom is 0.256 e. The normalized spacial score (nSPS) is 19.7. The number of allylic oxidation sites excluding steroid dienone is 4. The van der Waals surface area contributed by atoms with Crippen LogP contribution in [0, 0.1) is 11.6 Å². The van der Waals surface area contributed by atoms with Gasteiger partial charge in [-0.1, -0.05) is 12.2 Å². The standard InChI is InChI=1S/C22H17F2N3O3/c1-27(22(29)12-3-2-11-4-5-25-17(11)6-12)19-10-30-9-18-20(19)13-7-15(23)16(24)8-14(13)21(28)26-18/h2-5,7-8,19H,6,9-10H2,1H3,(H,26,28)/t19-/m1/s1. The van der Waals surface area contributed by atoms with Crippen molar-refractivity contribution in [2.45, 2.75) is 19.1 Å². The lowest BCUT2D eigenvalue weighted by atomic mass is 9.93. The van der Waals surface area contributed by atoms with Gasteiger partial charge in [-0.3, -0.25) is 14.6 Å². The van der Waals surface area contributed by atoms with Gasteiger partial charge in [0.25, 0.3) is 11.5 Å². The third-order valence-electron chi connectivity index (χ3n) is 5.74. The van der Waals surface area contributed by atoms with E-state index >= 15 is 0 Å². The van der Waals surface area contributed by atoms with Crippen LogP contribution in [0.15, 0.2) is 57.5 Å². The Bertz CT molecular complexity index is 1290. The van der Waals surface area contributed by atoms with Gasteiger partial charge in [0, 0.05) is 36.5 Å². The number of H-pyrrole nitrogens is 1. The van der Waals surface area contributed by atoms with Crippen LogP contribution in [-0.2, 0) is 16.1 Å². The molecule has 2 aliphatic heterocycles. The molecule has 0 saturated carbocycles. The van der Waals surface area contributed by atoms with Crippen molar-refractivity contribution in [1.82, 2.24) is 9.88 Å². The van der Waals surface area contributed by atoms with Crippen molar-refractivity contribution in [2.75, 3.05) is 13.7 Å². The molecular formula is C22H17F2N3O3. The summed E-state index contributed by atoms with van der Waals surface area (Å²) in [6, 6.07) is 1.34. The minimum absolute atomic E-state index is 0.0382. The van der Waals surface area contributed by atoms with Gasteiger partial charge in [0.2, 0.25) is 0 Å². The zero-order chi connectivity index (χ0) is 21.0. The fourth-order valence-electron chi connectivity index (χ4n) is 4.17. The number of pyridine rings is 1. The van der Waals surface area contributed by atoms with Gasteiger partial charge in [-0.05, 0) is 29.2 Å². The third kappa shape index (κ3) is 2.83. The number of hydrogen-bond donors (Lipinski definition) is 1. The number of hydrogen-bond acceptors (Lipinski definition) is 4. The van der Waals surface area contributed by atoms with E-state index in [1.807, 2.05) is 12.2 Å². The van der Waals surface area contributed by atoms with Crippen LogP contribution in [0.5, 0.6) is 0 Å². The van der Waals surface area contributed by atoms with E-state index in [0.717, 1.165) is 23.4 Å². The van der Waals surface area contributed by atoms with E-state index < -0.39 is 23.2 Å². The molecule has 0 radical (unpaired) electrons. The van der Waals surface area contributed by atoms with Crippen LogP contribution >= 0.6 is 0 Å². The van der Waals surface area contributed by atoms with E-state index in [0.29, 0.717) is 23.3 Å². The largest absolute Gasteiger partial charge is 0.373 e. The predicted octanol–water partition coefficient (Wildman–Crippen LogP) is 3.06. The number of ether oxygens (including phenoxy) is 1. The smallest absolute Gasteiger partial charge is 0.256 e. The van der Waals surface area contributed by atoms with Gasteiger partial charge in [0.1, 0.15) is 0 Å². The summed E-state index contributed by atoms with van der Waals surface area (Å²) in [6.07, 6.45) is 7.62. The van der Waals surface area contributed by atoms with Gasteiger partial charge in [-0.25, -0.2) is 8.78 Å². The first kappa shape index (κ1) is 18.6. The monoisotopic (exact) mass is 409 g/mol. The lowest BCUT2D eigenvalue weighted by Gasteiger charge is -2.34. The molecule has 0 spiro atoms. The lowest BCUT2D eigenvalue weighted by Crippen LogP contribution is -2.38.